The van der Waals surface area contributed by atoms with Gasteiger partial charge in [-0.15, -0.1) is 0 Å². The zero-order valence-corrected chi connectivity index (χ0v) is 12.8. The minimum absolute atomic E-state index is 0.119. The Morgan fingerprint density at radius 2 is 2.00 bits per heavy atom. The van der Waals surface area contributed by atoms with Crippen LogP contribution in [0.3, 0.4) is 0 Å². The highest BCUT2D eigenvalue weighted by molar-refractivity contribution is 9.59. The van der Waals surface area contributed by atoms with E-state index in [2.05, 4.69) is 14.8 Å². The van der Waals surface area contributed by atoms with Gasteiger partial charge in [0.25, 0.3) is 0 Å². The van der Waals surface area contributed by atoms with Crippen molar-refractivity contribution in [3.8, 4) is 0 Å². The number of rotatable bonds is 2. The van der Waals surface area contributed by atoms with E-state index in [1.165, 1.54) is 0 Å². The summed E-state index contributed by atoms with van der Waals surface area (Å²) in [4.78, 5) is 1.03. The highest BCUT2D eigenvalue weighted by Crippen LogP contribution is 2.83. The van der Waals surface area contributed by atoms with Crippen molar-refractivity contribution in [1.29, 1.82) is 0 Å². The molecule has 1 unspecified atom stereocenters. The van der Waals surface area contributed by atoms with E-state index in [0.29, 0.717) is 9.80 Å². The molecule has 0 spiro atoms. The average Bonchev–Trinajstić information content (AvgIpc) is 3.13. The monoisotopic (exact) mass is 350 g/mol. The van der Waals surface area contributed by atoms with Crippen molar-refractivity contribution >= 4 is 29.4 Å². The lowest BCUT2D eigenvalue weighted by Gasteiger charge is -2.35. The fraction of sp³-hybridized carbons (Fsp3) is 0.429. The first-order valence-corrected chi connectivity index (χ1v) is 9.80. The summed E-state index contributed by atoms with van der Waals surface area (Å²) in [6.45, 7) is 1.98. The molecule has 0 bridgehead atoms. The molecule has 1 aliphatic carbocycles. The first-order valence-electron chi connectivity index (χ1n) is 6.32. The van der Waals surface area contributed by atoms with Crippen LogP contribution >= 0.6 is 23.3 Å². The van der Waals surface area contributed by atoms with Crippen molar-refractivity contribution in [2.45, 2.75) is 36.6 Å². The third-order valence-electron chi connectivity index (χ3n) is 3.75. The molecule has 2 aliphatic rings. The molecule has 1 saturated carbocycles. The standard InChI is InChI=1S/C14H14BrF3S/c1-2-9-4-3-5-12-11(9)8-13(10-6-7-10)19(12,15)14(16,17)18/h3-5,8,10H,2,6-7H2,1H3. The van der Waals surface area contributed by atoms with Crippen LogP contribution in [0.25, 0.3) is 6.08 Å². The smallest absolute Gasteiger partial charge is 0.160 e. The molecule has 0 nitrogen and oxygen atoms in total. The van der Waals surface area contributed by atoms with Gasteiger partial charge in [0.2, 0.25) is 0 Å². The maximum absolute atomic E-state index is 13.6. The fourth-order valence-electron chi connectivity index (χ4n) is 2.63. The second-order valence-corrected chi connectivity index (χ2v) is 10.3. The Balaban J connectivity index is 2.23. The normalized spacial score (nSPS) is 29.6. The molecule has 1 aromatic carbocycles. The average molecular weight is 351 g/mol. The predicted octanol–water partition coefficient (Wildman–Crippen LogP) is 6.01. The number of allylic oxidation sites excluding steroid dienone is 1. The Kier molecular flexibility index (Phi) is 3.06. The Bertz CT molecular complexity index is 560. The van der Waals surface area contributed by atoms with E-state index < -0.39 is 14.0 Å². The SMILES string of the molecule is CCc1cccc2c1C=C(C1CC1)S2(Br)C(F)(F)F. The van der Waals surface area contributed by atoms with E-state index in [1.54, 1.807) is 12.1 Å². The molecule has 0 saturated heterocycles. The molecule has 3 rings (SSSR count). The van der Waals surface area contributed by atoms with E-state index in [1.807, 2.05) is 19.1 Å². The topological polar surface area (TPSA) is 0 Å². The lowest BCUT2D eigenvalue weighted by atomic mass is 10.0. The maximum Gasteiger partial charge on any atom is 0.442 e. The summed E-state index contributed by atoms with van der Waals surface area (Å²) in [5.41, 5.74) is -2.41. The molecule has 0 N–H and O–H groups in total. The van der Waals surface area contributed by atoms with E-state index in [0.717, 1.165) is 30.4 Å². The van der Waals surface area contributed by atoms with E-state index >= 15 is 0 Å². The van der Waals surface area contributed by atoms with Crippen LogP contribution in [0.5, 0.6) is 0 Å². The van der Waals surface area contributed by atoms with Crippen LogP contribution in [0.15, 0.2) is 28.0 Å². The number of hydrogen-bond donors (Lipinski definition) is 0. The van der Waals surface area contributed by atoms with Gasteiger partial charge < -0.3 is 0 Å². The van der Waals surface area contributed by atoms with Gasteiger partial charge in [-0.3, -0.25) is 0 Å². The van der Waals surface area contributed by atoms with Crippen LogP contribution in [0.4, 0.5) is 13.2 Å². The number of fused-ring (bicyclic) bond motifs is 1. The van der Waals surface area contributed by atoms with Gasteiger partial charge >= 0.3 is 5.51 Å². The summed E-state index contributed by atoms with van der Waals surface area (Å²) in [7, 11) is -3.02. The maximum atomic E-state index is 13.6. The molecular formula is C14H14BrF3S. The van der Waals surface area contributed by atoms with Crippen molar-refractivity contribution in [1.82, 2.24) is 0 Å². The van der Waals surface area contributed by atoms with Gasteiger partial charge in [0.1, 0.15) is 0 Å². The third kappa shape index (κ3) is 1.88. The van der Waals surface area contributed by atoms with Crippen LogP contribution in [0, 0.1) is 5.92 Å². The van der Waals surface area contributed by atoms with Crippen molar-refractivity contribution < 1.29 is 13.2 Å². The molecule has 1 heterocycles. The first kappa shape index (κ1) is 13.6. The summed E-state index contributed by atoms with van der Waals surface area (Å²) in [5, 5.41) is 0. The lowest BCUT2D eigenvalue weighted by Crippen LogP contribution is -2.16. The minimum atomic E-state index is -4.22. The van der Waals surface area contributed by atoms with Crippen molar-refractivity contribution in [3.63, 3.8) is 0 Å². The highest BCUT2D eigenvalue weighted by atomic mass is 79.9. The quantitative estimate of drug-likeness (QED) is 0.612. The van der Waals surface area contributed by atoms with Gasteiger partial charge in [-0.2, -0.15) is 13.2 Å². The van der Waals surface area contributed by atoms with Crippen molar-refractivity contribution in [3.05, 3.63) is 34.2 Å². The van der Waals surface area contributed by atoms with Crippen LogP contribution in [0.2, 0.25) is 0 Å². The number of aryl methyl sites for hydroxylation is 1. The van der Waals surface area contributed by atoms with Gasteiger partial charge in [0.05, 0.1) is 0 Å². The molecule has 104 valence electrons. The van der Waals surface area contributed by atoms with Crippen LogP contribution in [0.1, 0.15) is 30.9 Å². The molecule has 1 atom stereocenters. The molecule has 0 amide bonds. The Hall–Kier alpha value is -0.420. The molecular weight excluding hydrogens is 337 g/mol. The van der Waals surface area contributed by atoms with Crippen molar-refractivity contribution in [2.75, 3.05) is 0 Å². The zero-order chi connectivity index (χ0) is 13.8. The van der Waals surface area contributed by atoms with Crippen LogP contribution in [-0.4, -0.2) is 5.51 Å². The summed E-state index contributed by atoms with van der Waals surface area (Å²) >= 11 is 3.13. The summed E-state index contributed by atoms with van der Waals surface area (Å²) in [6.07, 6.45) is 4.34. The Morgan fingerprint density at radius 1 is 1.32 bits per heavy atom. The third-order valence-corrected chi connectivity index (χ3v) is 9.72. The Labute approximate surface area is 119 Å². The van der Waals surface area contributed by atoms with Crippen LogP contribution in [-0.2, 0) is 6.42 Å². The second-order valence-electron chi connectivity index (χ2n) is 4.99. The number of alkyl halides is 3. The minimum Gasteiger partial charge on any atom is -0.160 e. The van der Waals surface area contributed by atoms with E-state index in [9.17, 15) is 13.2 Å². The van der Waals surface area contributed by atoms with Crippen molar-refractivity contribution in [2.24, 2.45) is 5.92 Å². The molecule has 1 fully saturated rings. The molecule has 1 aromatic rings. The van der Waals surface area contributed by atoms with Gasteiger partial charge in [-0.25, -0.2) is 0 Å². The van der Waals surface area contributed by atoms with Gasteiger partial charge in [-0.05, 0) is 76.6 Å². The number of hydrogen-bond acceptors (Lipinski definition) is 0. The zero-order valence-electron chi connectivity index (χ0n) is 10.4. The first-order chi connectivity index (χ1) is 8.89. The summed E-state index contributed by atoms with van der Waals surface area (Å²) < 4.78 is 40.9. The lowest BCUT2D eigenvalue weighted by molar-refractivity contribution is -0.0356. The van der Waals surface area contributed by atoms with Gasteiger partial charge in [0, 0.05) is 4.90 Å². The molecule has 1 aliphatic heterocycles. The Morgan fingerprint density at radius 3 is 2.53 bits per heavy atom. The molecule has 19 heavy (non-hydrogen) atoms. The van der Waals surface area contributed by atoms with Crippen LogP contribution < -0.4 is 0 Å². The number of halogens is 4. The van der Waals surface area contributed by atoms with E-state index in [4.69, 9.17) is 0 Å². The van der Waals surface area contributed by atoms with Gasteiger partial charge in [-0.1, -0.05) is 19.1 Å². The summed E-state index contributed by atoms with van der Waals surface area (Å²) in [5.74, 6) is 0.119. The largest absolute Gasteiger partial charge is 0.442 e. The van der Waals surface area contributed by atoms with E-state index in [-0.39, 0.29) is 5.92 Å². The molecule has 5 heteroatoms. The molecule has 0 radical (unpaired) electrons. The predicted molar refractivity (Wildman–Crippen MR) is 77.4 cm³/mol. The fourth-order valence-corrected chi connectivity index (χ4v) is 7.06. The second kappa shape index (κ2) is 4.29. The summed E-state index contributed by atoms with van der Waals surface area (Å²) in [6, 6.07) is 5.31. The number of benzene rings is 1. The molecule has 0 aromatic heterocycles. The highest BCUT2D eigenvalue weighted by Gasteiger charge is 2.58. The van der Waals surface area contributed by atoms with Gasteiger partial charge in [0.15, 0.2) is 0 Å².